The van der Waals surface area contributed by atoms with Crippen LogP contribution in [0.3, 0.4) is 0 Å². The lowest BCUT2D eigenvalue weighted by Crippen LogP contribution is -2.18. The van der Waals surface area contributed by atoms with Gasteiger partial charge in [0, 0.05) is 18.8 Å². The second kappa shape index (κ2) is 5.38. The second-order valence-corrected chi connectivity index (χ2v) is 6.36. The van der Waals surface area contributed by atoms with Gasteiger partial charge in [0.15, 0.2) is 0 Å². The molecule has 3 unspecified atom stereocenters. The maximum atomic E-state index is 3.60. The minimum Gasteiger partial charge on any atom is -0.385 e. The van der Waals surface area contributed by atoms with Crippen molar-refractivity contribution in [1.82, 2.24) is 4.90 Å². The summed E-state index contributed by atoms with van der Waals surface area (Å²) in [7, 11) is 4.21. The topological polar surface area (TPSA) is 15.3 Å². The fraction of sp³-hybridized carbons (Fsp3) is 0.529. The Morgan fingerprint density at radius 3 is 2.47 bits per heavy atom. The lowest BCUT2D eigenvalue weighted by molar-refractivity contribution is 0.402. The number of anilines is 1. The van der Waals surface area contributed by atoms with E-state index in [-0.39, 0.29) is 0 Å². The molecule has 0 spiro atoms. The Morgan fingerprint density at radius 2 is 1.89 bits per heavy atom. The molecule has 1 aromatic rings. The molecule has 0 radical (unpaired) electrons. The average Bonchev–Trinajstić information content (AvgIpc) is 2.99. The Kier molecular flexibility index (Phi) is 3.61. The third-order valence-corrected chi connectivity index (χ3v) is 4.44. The van der Waals surface area contributed by atoms with Gasteiger partial charge >= 0.3 is 0 Å². The van der Waals surface area contributed by atoms with Gasteiger partial charge in [-0.2, -0.15) is 0 Å². The minimum absolute atomic E-state index is 0.838. The van der Waals surface area contributed by atoms with Crippen LogP contribution in [0.4, 0.5) is 5.69 Å². The van der Waals surface area contributed by atoms with Crippen molar-refractivity contribution in [3.8, 4) is 0 Å². The van der Waals surface area contributed by atoms with E-state index in [1.807, 2.05) is 0 Å². The first-order valence-electron chi connectivity index (χ1n) is 7.36. The number of fused-ring (bicyclic) bond motifs is 2. The molecule has 1 aromatic carbocycles. The Labute approximate surface area is 116 Å². The number of benzene rings is 1. The van der Waals surface area contributed by atoms with Crippen molar-refractivity contribution >= 4 is 5.69 Å². The third kappa shape index (κ3) is 3.01. The fourth-order valence-electron chi connectivity index (χ4n) is 3.47. The van der Waals surface area contributed by atoms with Crippen molar-refractivity contribution in [3.63, 3.8) is 0 Å². The van der Waals surface area contributed by atoms with Gasteiger partial charge in [0.2, 0.25) is 0 Å². The van der Waals surface area contributed by atoms with Gasteiger partial charge in [0.1, 0.15) is 0 Å². The molecule has 0 saturated heterocycles. The highest BCUT2D eigenvalue weighted by Gasteiger charge is 2.35. The van der Waals surface area contributed by atoms with Crippen LogP contribution < -0.4 is 5.32 Å². The summed E-state index contributed by atoms with van der Waals surface area (Å²) in [6.45, 7) is 2.13. The lowest BCUT2D eigenvalue weighted by atomic mass is 9.93. The number of rotatable bonds is 5. The van der Waals surface area contributed by atoms with E-state index in [0.717, 1.165) is 30.8 Å². The fourth-order valence-corrected chi connectivity index (χ4v) is 3.47. The zero-order chi connectivity index (χ0) is 13.2. The van der Waals surface area contributed by atoms with Crippen molar-refractivity contribution < 1.29 is 0 Å². The molecule has 0 aromatic heterocycles. The van der Waals surface area contributed by atoms with Crippen LogP contribution in [-0.4, -0.2) is 25.5 Å². The molecule has 0 heterocycles. The molecule has 3 rings (SSSR count). The maximum Gasteiger partial charge on any atom is 0.0340 e. The number of allylic oxidation sites excluding steroid dienone is 2. The molecule has 3 atom stereocenters. The minimum atomic E-state index is 0.838. The highest BCUT2D eigenvalue weighted by Crippen LogP contribution is 2.43. The van der Waals surface area contributed by atoms with Gasteiger partial charge in [0.05, 0.1) is 0 Å². The summed E-state index contributed by atoms with van der Waals surface area (Å²) in [5.74, 6) is 2.56. The van der Waals surface area contributed by atoms with Gasteiger partial charge in [0.25, 0.3) is 0 Å². The van der Waals surface area contributed by atoms with Crippen molar-refractivity contribution in [2.24, 2.45) is 17.8 Å². The van der Waals surface area contributed by atoms with Gasteiger partial charge in [-0.15, -0.1) is 0 Å². The molecule has 2 nitrogen and oxygen atoms in total. The van der Waals surface area contributed by atoms with Gasteiger partial charge in [-0.05, 0) is 62.4 Å². The molecular weight excluding hydrogens is 232 g/mol. The van der Waals surface area contributed by atoms with Crippen LogP contribution in [0.5, 0.6) is 0 Å². The van der Waals surface area contributed by atoms with E-state index in [1.54, 1.807) is 0 Å². The van der Waals surface area contributed by atoms with Crippen LogP contribution in [-0.2, 0) is 6.54 Å². The molecule has 1 fully saturated rings. The van der Waals surface area contributed by atoms with Crippen molar-refractivity contribution in [2.45, 2.75) is 19.4 Å². The van der Waals surface area contributed by atoms with E-state index in [2.05, 4.69) is 60.7 Å². The summed E-state index contributed by atoms with van der Waals surface area (Å²) in [6.07, 6.45) is 7.62. The number of hydrogen-bond donors (Lipinski definition) is 1. The van der Waals surface area contributed by atoms with Crippen LogP contribution in [0.1, 0.15) is 18.4 Å². The quantitative estimate of drug-likeness (QED) is 0.813. The Hall–Kier alpha value is -1.28. The number of nitrogens with zero attached hydrogens (tertiary/aromatic N) is 1. The monoisotopic (exact) mass is 256 g/mol. The first kappa shape index (κ1) is 12.7. The van der Waals surface area contributed by atoms with E-state index in [0.29, 0.717) is 0 Å². The highest BCUT2D eigenvalue weighted by molar-refractivity contribution is 5.44. The van der Waals surface area contributed by atoms with Gasteiger partial charge in [-0.1, -0.05) is 24.3 Å². The van der Waals surface area contributed by atoms with E-state index in [4.69, 9.17) is 0 Å². The Bertz CT molecular complexity index is 447. The first-order valence-corrected chi connectivity index (χ1v) is 7.36. The van der Waals surface area contributed by atoms with Gasteiger partial charge in [-0.3, -0.25) is 0 Å². The molecule has 102 valence electrons. The van der Waals surface area contributed by atoms with Crippen molar-refractivity contribution in [3.05, 3.63) is 42.0 Å². The van der Waals surface area contributed by atoms with E-state index >= 15 is 0 Å². The highest BCUT2D eigenvalue weighted by atomic mass is 15.0. The summed E-state index contributed by atoms with van der Waals surface area (Å²) in [4.78, 5) is 2.20. The molecule has 2 aliphatic rings. The van der Waals surface area contributed by atoms with Crippen LogP contribution >= 0.6 is 0 Å². The summed E-state index contributed by atoms with van der Waals surface area (Å²) in [5.41, 5.74) is 2.63. The molecule has 2 aliphatic carbocycles. The lowest BCUT2D eigenvalue weighted by Gasteiger charge is -2.19. The average molecular weight is 256 g/mol. The van der Waals surface area contributed by atoms with E-state index in [9.17, 15) is 0 Å². The maximum absolute atomic E-state index is 3.60. The molecule has 1 N–H and O–H groups in total. The van der Waals surface area contributed by atoms with Gasteiger partial charge in [-0.25, -0.2) is 0 Å². The second-order valence-electron chi connectivity index (χ2n) is 6.36. The van der Waals surface area contributed by atoms with Crippen molar-refractivity contribution in [1.29, 1.82) is 0 Å². The number of hydrogen-bond acceptors (Lipinski definition) is 2. The van der Waals surface area contributed by atoms with E-state index in [1.165, 1.54) is 24.1 Å². The smallest absolute Gasteiger partial charge is 0.0340 e. The van der Waals surface area contributed by atoms with Gasteiger partial charge < -0.3 is 10.2 Å². The van der Waals surface area contributed by atoms with Crippen molar-refractivity contribution in [2.75, 3.05) is 26.0 Å². The normalized spacial score (nSPS) is 28.3. The molecular formula is C17H24N2. The Morgan fingerprint density at radius 1 is 1.11 bits per heavy atom. The first-order chi connectivity index (χ1) is 9.20. The zero-order valence-corrected chi connectivity index (χ0v) is 12.0. The standard InChI is InChI=1S/C17H24N2/c1-19(2)12-13-4-7-17(8-5-13)18-11-16-10-14-3-6-15(16)9-14/h3-8,14-16,18H,9-12H2,1-2H3. The summed E-state index contributed by atoms with van der Waals surface area (Å²) in [6, 6.07) is 8.87. The van der Waals surface area contributed by atoms with E-state index < -0.39 is 0 Å². The van der Waals surface area contributed by atoms with Crippen LogP contribution in [0, 0.1) is 17.8 Å². The zero-order valence-electron chi connectivity index (χ0n) is 12.0. The molecule has 1 saturated carbocycles. The largest absolute Gasteiger partial charge is 0.385 e. The third-order valence-electron chi connectivity index (χ3n) is 4.44. The molecule has 2 heteroatoms. The molecule has 2 bridgehead atoms. The van der Waals surface area contributed by atoms with Crippen LogP contribution in [0.25, 0.3) is 0 Å². The van der Waals surface area contributed by atoms with Crippen LogP contribution in [0.2, 0.25) is 0 Å². The van der Waals surface area contributed by atoms with Crippen LogP contribution in [0.15, 0.2) is 36.4 Å². The summed E-state index contributed by atoms with van der Waals surface area (Å²) < 4.78 is 0. The molecule has 19 heavy (non-hydrogen) atoms. The molecule has 0 amide bonds. The Balaban J connectivity index is 1.51. The summed E-state index contributed by atoms with van der Waals surface area (Å²) in [5, 5.41) is 3.60. The molecule has 0 aliphatic heterocycles. The number of nitrogens with one attached hydrogen (secondary N) is 1. The predicted octanol–water partition coefficient (Wildman–Crippen LogP) is 3.37. The predicted molar refractivity (Wildman–Crippen MR) is 81.2 cm³/mol. The SMILES string of the molecule is CN(C)Cc1ccc(NCC2CC3C=CC2C3)cc1. The summed E-state index contributed by atoms with van der Waals surface area (Å²) >= 11 is 0.